The predicted octanol–water partition coefficient (Wildman–Crippen LogP) is 6.84. The van der Waals surface area contributed by atoms with E-state index in [4.69, 9.17) is 28.7 Å². The van der Waals surface area contributed by atoms with Crippen molar-refractivity contribution in [3.8, 4) is 5.75 Å². The Morgan fingerprint density at radius 3 is 2.29 bits per heavy atom. The van der Waals surface area contributed by atoms with Crippen LogP contribution >= 0.6 is 11.3 Å². The van der Waals surface area contributed by atoms with Crippen LogP contribution in [0.3, 0.4) is 0 Å². The van der Waals surface area contributed by atoms with Gasteiger partial charge in [-0.2, -0.15) is 10.2 Å². The van der Waals surface area contributed by atoms with Crippen molar-refractivity contribution < 1.29 is 56.4 Å². The Bertz CT molecular complexity index is 3040. The standard InChI is InChI=1S/C60H76F2N10O10S/c1-38(63-3)55(75)67-51(39-12-6-4-7-13-39)58(77)71-20-11-18-48(71)57-66-47(37-83-57)54(74)41-16-10-17-44(30-41)82-29-28-81-27-26-80-25-24-79-23-22-78-21-19-50(73)70-34-42(35-70)53(40-14-8-5-9-15-40)72-36-43(33-64-72)65-56(76)52-45-31-49-59(2,60(49,61)62)32-46(45)68-69-52/h5,8-10,14-17,30,33,36-39,42,48-49,51,53,63H,4,6-7,11-13,18-29,31-32,34-35H2,1-3H3,(H,65,76)(H,67,75)(H,68,69)/t38-,48?,49-,51-,53+,59+/m0/s1. The fraction of sp³-hybridized carbons (Fsp3) is 0.567. The number of hydrogen-bond acceptors (Lipinski definition) is 15. The number of hydrogen-bond donors (Lipinski definition) is 4. The van der Waals surface area contributed by atoms with Crippen molar-refractivity contribution in [1.29, 1.82) is 0 Å². The summed E-state index contributed by atoms with van der Waals surface area (Å²) in [5.41, 5.74) is 2.38. The Hall–Kier alpha value is -6.50. The van der Waals surface area contributed by atoms with E-state index in [2.05, 4.69) is 31.2 Å². The molecule has 5 heterocycles. The number of fused-ring (bicyclic) bond motifs is 2. The lowest BCUT2D eigenvalue weighted by Gasteiger charge is -2.43. The molecule has 1 unspecified atom stereocenters. The van der Waals surface area contributed by atoms with Gasteiger partial charge in [0.25, 0.3) is 11.8 Å². The molecule has 83 heavy (non-hydrogen) atoms. The molecule has 2 saturated heterocycles. The molecule has 5 aromatic rings. The van der Waals surface area contributed by atoms with Crippen LogP contribution in [-0.2, 0) is 46.2 Å². The van der Waals surface area contributed by atoms with Crippen LogP contribution in [0.4, 0.5) is 14.5 Å². The number of aromatic amines is 1. The van der Waals surface area contributed by atoms with Gasteiger partial charge in [-0.3, -0.25) is 33.8 Å². The van der Waals surface area contributed by atoms with Crippen molar-refractivity contribution in [3.63, 3.8) is 0 Å². The number of carbonyl (C=O) groups is 5. The Morgan fingerprint density at radius 1 is 0.855 bits per heavy atom. The molecule has 20 nitrogen and oxygen atoms in total. The first kappa shape index (κ1) is 59.7. The highest BCUT2D eigenvalue weighted by Gasteiger charge is 2.78. The lowest BCUT2D eigenvalue weighted by molar-refractivity contribution is -0.140. The van der Waals surface area contributed by atoms with Gasteiger partial charge in [0.05, 0.1) is 89.3 Å². The summed E-state index contributed by atoms with van der Waals surface area (Å²) in [6.45, 7) is 8.01. The minimum absolute atomic E-state index is 0.00810. The van der Waals surface area contributed by atoms with E-state index in [1.165, 1.54) is 11.3 Å². The topological polar surface area (TPSA) is 233 Å². The molecule has 0 bridgehead atoms. The minimum Gasteiger partial charge on any atom is -0.491 e. The van der Waals surface area contributed by atoms with Crippen LogP contribution in [0.1, 0.15) is 126 Å². The first-order valence-electron chi connectivity index (χ1n) is 29.2. The van der Waals surface area contributed by atoms with Crippen molar-refractivity contribution in [1.82, 2.24) is 45.4 Å². The molecular formula is C60H76F2N10O10S. The molecule has 4 amide bonds. The van der Waals surface area contributed by atoms with Gasteiger partial charge in [0.1, 0.15) is 29.1 Å². The summed E-state index contributed by atoms with van der Waals surface area (Å²) in [5.74, 6) is -3.86. The molecule has 4 N–H and O–H groups in total. The van der Waals surface area contributed by atoms with E-state index < -0.39 is 35.2 Å². The molecule has 10 rings (SSSR count). The Kier molecular flexibility index (Phi) is 19.4. The van der Waals surface area contributed by atoms with E-state index in [-0.39, 0.29) is 85.6 Å². The van der Waals surface area contributed by atoms with E-state index in [9.17, 15) is 32.8 Å². The van der Waals surface area contributed by atoms with Crippen LogP contribution in [-0.4, -0.2) is 168 Å². The average molecular weight is 1170 g/mol. The number of alkyl halides is 2. The van der Waals surface area contributed by atoms with E-state index in [0.29, 0.717) is 99.8 Å². The summed E-state index contributed by atoms with van der Waals surface area (Å²) in [6, 6.07) is 15.4. The van der Waals surface area contributed by atoms with Crippen molar-refractivity contribution in [2.45, 2.75) is 108 Å². The lowest BCUT2D eigenvalue weighted by atomic mass is 9.83. The Balaban J connectivity index is 0.567. The molecule has 0 radical (unpaired) electrons. The number of likely N-dealkylation sites (tertiary alicyclic amines) is 2. The van der Waals surface area contributed by atoms with Crippen LogP contribution < -0.4 is 20.7 Å². The second-order valence-corrected chi connectivity index (χ2v) is 23.5. The van der Waals surface area contributed by atoms with Gasteiger partial charge in [-0.25, -0.2) is 13.8 Å². The van der Waals surface area contributed by atoms with Crippen molar-refractivity contribution in [2.24, 2.45) is 23.2 Å². The number of rotatable bonds is 29. The smallest absolute Gasteiger partial charge is 0.276 e. The van der Waals surface area contributed by atoms with Gasteiger partial charge in [0.15, 0.2) is 5.69 Å². The van der Waals surface area contributed by atoms with Gasteiger partial charge in [-0.15, -0.1) is 11.3 Å². The van der Waals surface area contributed by atoms with E-state index in [1.807, 2.05) is 35.2 Å². The maximum absolute atomic E-state index is 14.5. The fourth-order valence-corrected chi connectivity index (χ4v) is 13.1. The highest BCUT2D eigenvalue weighted by atomic mass is 32.1. The minimum atomic E-state index is -2.76. The molecule has 2 saturated carbocycles. The fourth-order valence-electron chi connectivity index (χ4n) is 12.2. The maximum Gasteiger partial charge on any atom is 0.276 e. The number of benzene rings is 2. The van der Waals surface area contributed by atoms with E-state index in [0.717, 1.165) is 55.5 Å². The van der Waals surface area contributed by atoms with Crippen molar-refractivity contribution >= 4 is 46.4 Å². The number of anilines is 1. The quantitative estimate of drug-likeness (QED) is 0.0284. The second kappa shape index (κ2) is 27.0. The molecular weight excluding hydrogens is 1090 g/mol. The average Bonchev–Trinajstić information content (AvgIpc) is 1.57. The summed E-state index contributed by atoms with van der Waals surface area (Å²) >= 11 is 1.38. The number of likely N-dealkylation sites (N-methyl/N-ethyl adjacent to an activating group) is 1. The zero-order chi connectivity index (χ0) is 58.1. The molecule has 3 aliphatic carbocycles. The molecule has 2 aromatic carbocycles. The van der Waals surface area contributed by atoms with Crippen LogP contribution in [0.5, 0.6) is 5.75 Å². The number of H-pyrrole nitrogens is 1. The molecule has 6 atom stereocenters. The Labute approximate surface area is 486 Å². The second-order valence-electron chi connectivity index (χ2n) is 22.6. The van der Waals surface area contributed by atoms with Crippen molar-refractivity contribution in [3.05, 3.63) is 111 Å². The normalized spacial score (nSPS) is 21.3. The summed E-state index contributed by atoms with van der Waals surface area (Å²) < 4.78 is 59.3. The van der Waals surface area contributed by atoms with Gasteiger partial charge in [0.2, 0.25) is 23.5 Å². The summed E-state index contributed by atoms with van der Waals surface area (Å²) in [7, 11) is 1.73. The van der Waals surface area contributed by atoms with Crippen LogP contribution in [0.25, 0.3) is 0 Å². The first-order valence-corrected chi connectivity index (χ1v) is 30.1. The number of halogens is 2. The third kappa shape index (κ3) is 13.7. The molecule has 446 valence electrons. The number of ketones is 1. The third-order valence-electron chi connectivity index (χ3n) is 17.3. The number of ether oxygens (including phenoxy) is 5. The third-order valence-corrected chi connectivity index (χ3v) is 18.2. The van der Waals surface area contributed by atoms with Crippen molar-refractivity contribution in [2.75, 3.05) is 91.5 Å². The largest absolute Gasteiger partial charge is 0.491 e. The monoisotopic (exact) mass is 1170 g/mol. The molecule has 4 fully saturated rings. The van der Waals surface area contributed by atoms with E-state index >= 15 is 0 Å². The number of thiazole rings is 1. The van der Waals surface area contributed by atoms with Crippen LogP contribution in [0.2, 0.25) is 0 Å². The SMILES string of the molecule is CN[C@@H](C)C(=O)N[C@H](C(=O)N1CCCC1c1nc(C(=O)c2cccc(OCCOCCOCCOCCOCCC(=O)N3CC([C@@H](c4ccccc4)n4cc(NC(=O)c5n[nH]c6c5C[C@@H]5C(F)(F)[C@]5(C)C6)cn4)C3)c2)cs1)C1CCCCC1. The first-order chi connectivity index (χ1) is 40.2. The van der Waals surface area contributed by atoms with E-state index in [1.54, 1.807) is 72.5 Å². The summed E-state index contributed by atoms with van der Waals surface area (Å²) in [5, 5.41) is 23.0. The van der Waals surface area contributed by atoms with Gasteiger partial charge in [0, 0.05) is 71.7 Å². The summed E-state index contributed by atoms with van der Waals surface area (Å²) in [6.07, 6.45) is 10.4. The lowest BCUT2D eigenvalue weighted by Crippen LogP contribution is -2.55. The zero-order valence-corrected chi connectivity index (χ0v) is 48.3. The number of carbonyl (C=O) groups excluding carboxylic acids is 5. The highest BCUT2D eigenvalue weighted by molar-refractivity contribution is 7.10. The highest BCUT2D eigenvalue weighted by Crippen LogP contribution is 2.70. The molecule has 0 spiro atoms. The number of nitrogens with one attached hydrogen (secondary N) is 4. The zero-order valence-electron chi connectivity index (χ0n) is 47.5. The molecule has 23 heteroatoms. The molecule has 5 aliphatic rings. The van der Waals surface area contributed by atoms with Gasteiger partial charge >= 0.3 is 0 Å². The number of aromatic nitrogens is 5. The molecule has 2 aliphatic heterocycles. The van der Waals surface area contributed by atoms with Crippen LogP contribution in [0.15, 0.2) is 72.4 Å². The van der Waals surface area contributed by atoms with Gasteiger partial charge in [-0.1, -0.05) is 68.7 Å². The maximum atomic E-state index is 14.5. The summed E-state index contributed by atoms with van der Waals surface area (Å²) in [4.78, 5) is 75.8. The van der Waals surface area contributed by atoms with Gasteiger partial charge in [-0.05, 0) is 69.7 Å². The van der Waals surface area contributed by atoms with Crippen LogP contribution in [0, 0.1) is 23.2 Å². The Morgan fingerprint density at radius 2 is 1.57 bits per heavy atom. The van der Waals surface area contributed by atoms with Gasteiger partial charge < -0.3 is 49.4 Å². The predicted molar refractivity (Wildman–Crippen MR) is 303 cm³/mol. The number of nitrogens with zero attached hydrogens (tertiary/aromatic N) is 6. The molecule has 3 aromatic heterocycles. The number of amides is 4.